The van der Waals surface area contributed by atoms with Crippen LogP contribution in [0.1, 0.15) is 85.5 Å². The number of ether oxygens (including phenoxy) is 2. The molecule has 2 heterocycles. The van der Waals surface area contributed by atoms with Crippen LogP contribution in [-0.2, 0) is 9.47 Å². The number of rotatable bonds is 1. The van der Waals surface area contributed by atoms with E-state index in [2.05, 4.69) is 27.7 Å². The second-order valence-corrected chi connectivity index (χ2v) is 14.2. The molecular weight excluding hydrogens is 440 g/mol. The van der Waals surface area contributed by atoms with E-state index in [9.17, 15) is 10.2 Å². The van der Waals surface area contributed by atoms with Gasteiger partial charge in [0.1, 0.15) is 5.60 Å². The molecule has 6 aliphatic rings. The second kappa shape index (κ2) is 7.91. The lowest BCUT2D eigenvalue weighted by atomic mass is 9.42. The van der Waals surface area contributed by atoms with Crippen molar-refractivity contribution in [2.45, 2.75) is 109 Å². The lowest BCUT2D eigenvalue weighted by Crippen LogP contribution is -2.67. The highest BCUT2D eigenvalue weighted by atomic mass is 16.7. The number of hydrogen-bond acceptors (Lipinski definition) is 6. The minimum atomic E-state index is -1.02. The molecule has 6 nitrogen and oxygen atoms in total. The molecule has 4 aliphatic carbocycles. The third-order valence-corrected chi connectivity index (χ3v) is 12.2. The first-order chi connectivity index (χ1) is 16.4. The predicted octanol–water partition coefficient (Wildman–Crippen LogP) is 4.44. The predicted molar refractivity (Wildman–Crippen MR) is 136 cm³/mol. The van der Waals surface area contributed by atoms with Crippen molar-refractivity contribution in [2.75, 3.05) is 20.7 Å². The highest BCUT2D eigenvalue weighted by molar-refractivity contribution is 5.94. The number of nitrogens with zero attached hydrogens (tertiary/aromatic N) is 2. The number of aliphatic hydroxyl groups is 2. The van der Waals surface area contributed by atoms with Crippen LogP contribution >= 0.6 is 0 Å². The van der Waals surface area contributed by atoms with Gasteiger partial charge in [-0.15, -0.1) is 0 Å². The average Bonchev–Trinajstić information content (AvgIpc) is 3.23. The first-order valence-corrected chi connectivity index (χ1v) is 14.4. The Balaban J connectivity index is 1.34. The molecule has 0 radical (unpaired) electrons. The minimum Gasteiger partial charge on any atom is -0.393 e. The first kappa shape index (κ1) is 24.6. The molecule has 2 saturated heterocycles. The van der Waals surface area contributed by atoms with Crippen LogP contribution in [0.5, 0.6) is 0 Å². The van der Waals surface area contributed by atoms with Crippen molar-refractivity contribution >= 4 is 5.71 Å². The van der Waals surface area contributed by atoms with Gasteiger partial charge in [0, 0.05) is 38.3 Å². The van der Waals surface area contributed by atoms with Crippen molar-refractivity contribution in [3.63, 3.8) is 0 Å². The highest BCUT2D eigenvalue weighted by Gasteiger charge is 2.71. The molecule has 198 valence electrons. The van der Waals surface area contributed by atoms with Crippen molar-refractivity contribution in [2.24, 2.45) is 51.4 Å². The third kappa shape index (κ3) is 3.25. The fourth-order valence-electron chi connectivity index (χ4n) is 10.4. The molecular formula is C29H48N2O4. The van der Waals surface area contributed by atoms with E-state index in [0.717, 1.165) is 50.8 Å². The lowest BCUT2D eigenvalue weighted by molar-refractivity contribution is -0.273. The molecule has 6 fully saturated rings. The van der Waals surface area contributed by atoms with Crippen molar-refractivity contribution in [3.05, 3.63) is 0 Å². The van der Waals surface area contributed by atoms with E-state index in [-0.39, 0.29) is 22.7 Å². The van der Waals surface area contributed by atoms with Crippen molar-refractivity contribution in [1.29, 1.82) is 0 Å². The van der Waals surface area contributed by atoms with Crippen LogP contribution in [0, 0.1) is 46.3 Å². The van der Waals surface area contributed by atoms with E-state index >= 15 is 0 Å². The van der Waals surface area contributed by atoms with E-state index in [1.165, 1.54) is 12.8 Å². The van der Waals surface area contributed by atoms with Gasteiger partial charge >= 0.3 is 0 Å². The van der Waals surface area contributed by atoms with Gasteiger partial charge in [0.15, 0.2) is 5.79 Å². The maximum Gasteiger partial charge on any atom is 0.171 e. The van der Waals surface area contributed by atoms with Crippen LogP contribution in [0.2, 0.25) is 0 Å². The smallest absolute Gasteiger partial charge is 0.171 e. The van der Waals surface area contributed by atoms with Gasteiger partial charge in [-0.05, 0) is 80.0 Å². The molecule has 1 spiro atoms. The Labute approximate surface area is 211 Å². The largest absolute Gasteiger partial charge is 0.393 e. The fourth-order valence-corrected chi connectivity index (χ4v) is 10.4. The van der Waals surface area contributed by atoms with Crippen molar-refractivity contribution in [3.8, 4) is 0 Å². The molecule has 6 rings (SSSR count). The average molecular weight is 489 g/mol. The molecule has 4 saturated carbocycles. The molecule has 0 aromatic rings. The Kier molecular flexibility index (Phi) is 5.57. The second-order valence-electron chi connectivity index (χ2n) is 14.2. The van der Waals surface area contributed by atoms with Crippen LogP contribution < -0.4 is 0 Å². The zero-order valence-corrected chi connectivity index (χ0v) is 22.8. The monoisotopic (exact) mass is 488 g/mol. The lowest BCUT2D eigenvalue weighted by Gasteiger charge is -2.64. The maximum absolute atomic E-state index is 12.2. The van der Waals surface area contributed by atoms with Gasteiger partial charge in [0.05, 0.1) is 24.5 Å². The summed E-state index contributed by atoms with van der Waals surface area (Å²) < 4.78 is 13.4. The van der Waals surface area contributed by atoms with Crippen molar-refractivity contribution in [1.82, 2.24) is 5.01 Å². The number of hydrazone groups is 1. The molecule has 12 atom stereocenters. The molecule has 0 amide bonds. The summed E-state index contributed by atoms with van der Waals surface area (Å²) >= 11 is 0. The van der Waals surface area contributed by atoms with Gasteiger partial charge in [-0.2, -0.15) is 5.10 Å². The van der Waals surface area contributed by atoms with E-state index in [1.807, 2.05) is 19.1 Å². The van der Waals surface area contributed by atoms with E-state index in [4.69, 9.17) is 14.6 Å². The molecule has 0 bridgehead atoms. The van der Waals surface area contributed by atoms with Gasteiger partial charge in [-0.1, -0.05) is 27.7 Å². The van der Waals surface area contributed by atoms with E-state index in [0.29, 0.717) is 41.9 Å². The fraction of sp³-hybridized carbons (Fsp3) is 0.966. The Bertz CT molecular complexity index is 884. The summed E-state index contributed by atoms with van der Waals surface area (Å²) in [6.07, 6.45) is 8.45. The number of hydrogen-bond donors (Lipinski definition) is 2. The van der Waals surface area contributed by atoms with Crippen molar-refractivity contribution < 1.29 is 19.7 Å². The summed E-state index contributed by atoms with van der Waals surface area (Å²) in [4.78, 5) is 0. The summed E-state index contributed by atoms with van der Waals surface area (Å²) in [5.41, 5.74) is -0.107. The standard InChI is InChI=1S/C29H48N2O4/c1-17-7-12-29(34-16-17)18(2)25-23(35-29)14-22-20-13-24(30-31(5)6)28(33)15-19(32)8-11-27(28,4)21(20)9-10-26(22,25)3/h17-23,25,32-33H,7-16H2,1-6H3/b30-24+/t17?,18?,19?,20-,21+,22+,23?,25?,26+,27-,28+,29-/m1/s1. The number of aliphatic hydroxyl groups excluding tert-OH is 1. The number of fused-ring (bicyclic) bond motifs is 7. The minimum absolute atomic E-state index is 0.237. The Morgan fingerprint density at radius 1 is 1.03 bits per heavy atom. The van der Waals surface area contributed by atoms with Crippen LogP contribution in [0.3, 0.4) is 0 Å². The zero-order valence-electron chi connectivity index (χ0n) is 22.8. The SMILES string of the molecule is CC1CC[C@@]2(OC1)OC1C[C@H]3[C@@H]4C/C(=N\N(C)C)[C@@]5(O)CC(O)CC[C@]5(C)[C@H]4CC[C@]3(C)C1C2C. The molecule has 6 heteroatoms. The zero-order chi connectivity index (χ0) is 25.0. The third-order valence-electron chi connectivity index (χ3n) is 12.2. The van der Waals surface area contributed by atoms with Gasteiger partial charge < -0.3 is 24.7 Å². The maximum atomic E-state index is 12.2. The summed E-state index contributed by atoms with van der Waals surface area (Å²) in [7, 11) is 3.90. The van der Waals surface area contributed by atoms with Gasteiger partial charge in [-0.25, -0.2) is 0 Å². The van der Waals surface area contributed by atoms with Gasteiger partial charge in [0.25, 0.3) is 0 Å². The van der Waals surface area contributed by atoms with Crippen LogP contribution in [0.15, 0.2) is 5.10 Å². The Morgan fingerprint density at radius 3 is 2.49 bits per heavy atom. The normalized spacial score (nSPS) is 58.6. The summed E-state index contributed by atoms with van der Waals surface area (Å²) in [6, 6.07) is 0. The van der Waals surface area contributed by atoms with Gasteiger partial charge in [0.2, 0.25) is 0 Å². The summed E-state index contributed by atoms with van der Waals surface area (Å²) in [5, 5.41) is 29.5. The molecule has 2 N–H and O–H groups in total. The summed E-state index contributed by atoms with van der Waals surface area (Å²) in [5.74, 6) is 2.77. The molecule has 0 aromatic heterocycles. The van der Waals surface area contributed by atoms with Gasteiger partial charge in [-0.3, -0.25) is 0 Å². The summed E-state index contributed by atoms with van der Waals surface area (Å²) in [6.45, 7) is 10.4. The Hall–Kier alpha value is -0.690. The highest BCUT2D eigenvalue weighted by Crippen LogP contribution is 2.71. The quantitative estimate of drug-likeness (QED) is 0.534. The van der Waals surface area contributed by atoms with Crippen LogP contribution in [0.4, 0.5) is 0 Å². The van der Waals surface area contributed by atoms with Crippen LogP contribution in [0.25, 0.3) is 0 Å². The first-order valence-electron chi connectivity index (χ1n) is 14.4. The molecule has 5 unspecified atom stereocenters. The topological polar surface area (TPSA) is 74.5 Å². The molecule has 2 aliphatic heterocycles. The van der Waals surface area contributed by atoms with E-state index in [1.54, 1.807) is 0 Å². The Morgan fingerprint density at radius 2 is 1.80 bits per heavy atom. The molecule has 35 heavy (non-hydrogen) atoms. The van der Waals surface area contributed by atoms with Crippen LogP contribution in [-0.4, -0.2) is 65.2 Å². The molecule has 0 aromatic carbocycles. The van der Waals surface area contributed by atoms with E-state index < -0.39 is 11.7 Å².